The molecule has 1 amide bonds. The number of benzene rings is 1. The molecule has 2 rings (SSSR count). The van der Waals surface area contributed by atoms with Crippen LogP contribution in [0.5, 0.6) is 0 Å². The maximum absolute atomic E-state index is 11.0. The molecule has 1 atom stereocenters. The fraction of sp³-hybridized carbons (Fsp3) is 0.214. The Labute approximate surface area is 121 Å². The molecule has 0 fully saturated rings. The normalized spacial score (nSPS) is 12.3. The first-order valence-corrected chi connectivity index (χ1v) is 7.18. The van der Waals surface area contributed by atoms with Crippen molar-refractivity contribution in [3.8, 4) is 0 Å². The van der Waals surface area contributed by atoms with Gasteiger partial charge in [-0.05, 0) is 36.1 Å². The Hall–Kier alpha value is -1.36. The van der Waals surface area contributed by atoms with Crippen LogP contribution >= 0.6 is 22.9 Å². The lowest BCUT2D eigenvalue weighted by molar-refractivity contribution is 0.100. The third-order valence-corrected chi connectivity index (χ3v) is 4.31. The van der Waals surface area contributed by atoms with Crippen LogP contribution in [0.1, 0.15) is 33.8 Å². The van der Waals surface area contributed by atoms with Gasteiger partial charge in [-0.2, -0.15) is 0 Å². The van der Waals surface area contributed by atoms with E-state index < -0.39 is 5.91 Å². The number of primary amides is 1. The summed E-state index contributed by atoms with van der Waals surface area (Å²) in [5.74, 6) is -0.464. The van der Waals surface area contributed by atoms with E-state index in [1.54, 1.807) is 23.5 Å². The minimum Gasteiger partial charge on any atom is -0.366 e. The Morgan fingerprint density at radius 3 is 2.84 bits per heavy atom. The smallest absolute Gasteiger partial charge is 0.248 e. The van der Waals surface area contributed by atoms with Crippen molar-refractivity contribution in [1.82, 2.24) is 5.32 Å². The van der Waals surface area contributed by atoms with Gasteiger partial charge in [0.25, 0.3) is 0 Å². The van der Waals surface area contributed by atoms with Crippen molar-refractivity contribution in [1.29, 1.82) is 0 Å². The Bertz CT molecular complexity index is 569. The van der Waals surface area contributed by atoms with Crippen LogP contribution < -0.4 is 11.1 Å². The molecular weight excluding hydrogens is 280 g/mol. The van der Waals surface area contributed by atoms with Crippen LogP contribution in [-0.4, -0.2) is 5.91 Å². The summed E-state index contributed by atoms with van der Waals surface area (Å²) in [7, 11) is 0. The van der Waals surface area contributed by atoms with E-state index in [0.29, 0.717) is 17.1 Å². The second kappa shape index (κ2) is 6.19. The molecular formula is C14H15ClN2OS. The molecule has 0 bridgehead atoms. The zero-order valence-electron chi connectivity index (χ0n) is 10.5. The second-order valence-corrected chi connectivity index (χ2v) is 5.67. The number of nitrogens with one attached hydrogen (secondary N) is 1. The van der Waals surface area contributed by atoms with E-state index >= 15 is 0 Å². The topological polar surface area (TPSA) is 55.1 Å². The largest absolute Gasteiger partial charge is 0.366 e. The molecule has 0 unspecified atom stereocenters. The molecule has 0 radical (unpaired) electrons. The molecule has 0 saturated heterocycles. The SMILES string of the molecule is C[C@H](NCc1ccc(C(N)=O)cc1Cl)c1cccs1. The third-order valence-electron chi connectivity index (χ3n) is 2.91. The zero-order valence-corrected chi connectivity index (χ0v) is 12.1. The van der Waals surface area contributed by atoms with Gasteiger partial charge in [-0.25, -0.2) is 0 Å². The number of nitrogens with two attached hydrogens (primary N) is 1. The van der Waals surface area contributed by atoms with Crippen LogP contribution in [0, 0.1) is 0 Å². The fourth-order valence-electron chi connectivity index (χ4n) is 1.75. The number of carbonyl (C=O) groups is 1. The van der Waals surface area contributed by atoms with Gasteiger partial charge in [-0.15, -0.1) is 11.3 Å². The number of hydrogen-bond donors (Lipinski definition) is 2. The lowest BCUT2D eigenvalue weighted by atomic mass is 10.1. The minimum absolute atomic E-state index is 0.270. The predicted octanol–water partition coefficient (Wildman–Crippen LogP) is 3.35. The molecule has 19 heavy (non-hydrogen) atoms. The Balaban J connectivity index is 2.02. The van der Waals surface area contributed by atoms with Gasteiger partial charge in [0, 0.05) is 28.0 Å². The molecule has 3 N–H and O–H groups in total. The first-order valence-electron chi connectivity index (χ1n) is 5.93. The van der Waals surface area contributed by atoms with Crippen molar-refractivity contribution in [2.45, 2.75) is 19.5 Å². The average Bonchev–Trinajstić information content (AvgIpc) is 2.90. The number of carbonyl (C=O) groups excluding carboxylic acids is 1. The number of amides is 1. The van der Waals surface area contributed by atoms with Gasteiger partial charge in [-0.3, -0.25) is 4.79 Å². The number of rotatable bonds is 5. The molecule has 2 aromatic rings. The van der Waals surface area contributed by atoms with Crippen molar-refractivity contribution < 1.29 is 4.79 Å². The van der Waals surface area contributed by atoms with E-state index in [4.69, 9.17) is 17.3 Å². The van der Waals surface area contributed by atoms with Crippen molar-refractivity contribution in [3.05, 3.63) is 56.7 Å². The highest BCUT2D eigenvalue weighted by Gasteiger charge is 2.09. The molecule has 0 saturated carbocycles. The van der Waals surface area contributed by atoms with Gasteiger partial charge in [-0.1, -0.05) is 23.7 Å². The fourth-order valence-corrected chi connectivity index (χ4v) is 2.75. The lowest BCUT2D eigenvalue weighted by Gasteiger charge is -2.13. The van der Waals surface area contributed by atoms with E-state index in [2.05, 4.69) is 23.7 Å². The van der Waals surface area contributed by atoms with Crippen molar-refractivity contribution in [2.24, 2.45) is 5.73 Å². The summed E-state index contributed by atoms with van der Waals surface area (Å²) in [6.07, 6.45) is 0. The van der Waals surface area contributed by atoms with Crippen molar-refractivity contribution in [2.75, 3.05) is 0 Å². The van der Waals surface area contributed by atoms with E-state index in [1.807, 2.05) is 12.1 Å². The predicted molar refractivity (Wildman–Crippen MR) is 79.5 cm³/mol. The molecule has 1 aromatic heterocycles. The second-order valence-electron chi connectivity index (χ2n) is 4.29. The highest BCUT2D eigenvalue weighted by atomic mass is 35.5. The summed E-state index contributed by atoms with van der Waals surface area (Å²) < 4.78 is 0. The third kappa shape index (κ3) is 3.56. The summed E-state index contributed by atoms with van der Waals surface area (Å²) in [5, 5.41) is 6.02. The highest BCUT2D eigenvalue weighted by Crippen LogP contribution is 2.21. The van der Waals surface area contributed by atoms with Crippen LogP contribution in [0.4, 0.5) is 0 Å². The first kappa shape index (κ1) is 14.1. The van der Waals surface area contributed by atoms with Crippen molar-refractivity contribution >= 4 is 28.8 Å². The molecule has 5 heteroatoms. The van der Waals surface area contributed by atoms with Gasteiger partial charge < -0.3 is 11.1 Å². The quantitative estimate of drug-likeness (QED) is 0.888. The molecule has 0 aliphatic carbocycles. The maximum atomic E-state index is 11.0. The first-order chi connectivity index (χ1) is 9.08. The lowest BCUT2D eigenvalue weighted by Crippen LogP contribution is -2.18. The molecule has 3 nitrogen and oxygen atoms in total. The van der Waals surface area contributed by atoms with E-state index in [-0.39, 0.29) is 6.04 Å². The molecule has 0 aliphatic heterocycles. The van der Waals surface area contributed by atoms with Gasteiger partial charge >= 0.3 is 0 Å². The van der Waals surface area contributed by atoms with Crippen LogP contribution in [0.15, 0.2) is 35.7 Å². The summed E-state index contributed by atoms with van der Waals surface area (Å²) in [6.45, 7) is 2.76. The molecule has 100 valence electrons. The van der Waals surface area contributed by atoms with Gasteiger partial charge in [0.2, 0.25) is 5.91 Å². The van der Waals surface area contributed by atoms with Crippen LogP contribution in [0.25, 0.3) is 0 Å². The summed E-state index contributed by atoms with van der Waals surface area (Å²) in [6, 6.07) is 9.54. The van der Waals surface area contributed by atoms with E-state index in [9.17, 15) is 4.79 Å². The Morgan fingerprint density at radius 2 is 2.26 bits per heavy atom. The zero-order chi connectivity index (χ0) is 13.8. The average molecular weight is 295 g/mol. The Kier molecular flexibility index (Phi) is 4.58. The van der Waals surface area contributed by atoms with Gasteiger partial charge in [0.1, 0.15) is 0 Å². The van der Waals surface area contributed by atoms with Crippen LogP contribution in [0.3, 0.4) is 0 Å². The number of hydrogen-bond acceptors (Lipinski definition) is 3. The summed E-state index contributed by atoms with van der Waals surface area (Å²) >= 11 is 7.86. The monoisotopic (exact) mass is 294 g/mol. The summed E-state index contributed by atoms with van der Waals surface area (Å²) in [4.78, 5) is 12.3. The van der Waals surface area contributed by atoms with Gasteiger partial charge in [0.15, 0.2) is 0 Å². The maximum Gasteiger partial charge on any atom is 0.248 e. The minimum atomic E-state index is -0.464. The molecule has 0 aliphatic rings. The Morgan fingerprint density at radius 1 is 1.47 bits per heavy atom. The van der Waals surface area contributed by atoms with Crippen LogP contribution in [0.2, 0.25) is 5.02 Å². The number of thiophene rings is 1. The molecule has 1 aromatic carbocycles. The van der Waals surface area contributed by atoms with Crippen LogP contribution in [-0.2, 0) is 6.54 Å². The summed E-state index contributed by atoms with van der Waals surface area (Å²) in [5.41, 5.74) is 6.59. The molecule has 1 heterocycles. The standard InChI is InChI=1S/C14H15ClN2OS/c1-9(13-3-2-6-19-13)17-8-11-5-4-10(14(16)18)7-12(11)15/h2-7,9,17H,8H2,1H3,(H2,16,18)/t9-/m0/s1. The highest BCUT2D eigenvalue weighted by molar-refractivity contribution is 7.10. The van der Waals surface area contributed by atoms with Crippen molar-refractivity contribution in [3.63, 3.8) is 0 Å². The van der Waals surface area contributed by atoms with E-state index in [0.717, 1.165) is 5.56 Å². The number of halogens is 1. The van der Waals surface area contributed by atoms with E-state index in [1.165, 1.54) is 4.88 Å². The van der Waals surface area contributed by atoms with Gasteiger partial charge in [0.05, 0.1) is 0 Å². The molecule has 0 spiro atoms.